The van der Waals surface area contributed by atoms with Gasteiger partial charge in [-0.15, -0.1) is 0 Å². The van der Waals surface area contributed by atoms with E-state index in [2.05, 4.69) is 228 Å². The smallest absolute Gasteiger partial charge is 0.0547 e. The lowest BCUT2D eigenvalue weighted by Gasteiger charge is -2.16. The monoisotopic (exact) mass is 736 g/mol. The van der Waals surface area contributed by atoms with Crippen LogP contribution in [0.5, 0.6) is 0 Å². The van der Waals surface area contributed by atoms with Gasteiger partial charge in [-0.1, -0.05) is 164 Å². The summed E-state index contributed by atoms with van der Waals surface area (Å²) in [6.07, 6.45) is 0. The van der Waals surface area contributed by atoms with Crippen LogP contribution in [0.15, 0.2) is 218 Å². The molecular formula is C56H36N2. The molecule has 0 unspecified atom stereocenters. The third-order valence-electron chi connectivity index (χ3n) is 12.1. The molecule has 0 aliphatic rings. The van der Waals surface area contributed by atoms with E-state index in [0.717, 1.165) is 11.4 Å². The van der Waals surface area contributed by atoms with Crippen molar-refractivity contribution in [2.75, 3.05) is 0 Å². The summed E-state index contributed by atoms with van der Waals surface area (Å²) in [5.74, 6) is 0. The average molecular weight is 737 g/mol. The van der Waals surface area contributed by atoms with Crippen LogP contribution in [0.4, 0.5) is 0 Å². The van der Waals surface area contributed by atoms with E-state index in [9.17, 15) is 0 Å². The SMILES string of the molecule is c1ccc(-n2c3ccccc3c3c(-c4ccccc4-n4c5ccc(-c6cccc7ccccc67)cc5c5cc(-c6cccc7ccccc67)ccc54)cccc32)cc1. The van der Waals surface area contributed by atoms with E-state index in [1.807, 2.05) is 0 Å². The van der Waals surface area contributed by atoms with Gasteiger partial charge in [0.05, 0.1) is 27.8 Å². The van der Waals surface area contributed by atoms with Crippen LogP contribution < -0.4 is 0 Å². The Hall–Kier alpha value is -7.68. The van der Waals surface area contributed by atoms with Crippen LogP contribution in [0.25, 0.3) is 110 Å². The second-order valence-electron chi connectivity index (χ2n) is 15.3. The molecule has 0 atom stereocenters. The van der Waals surface area contributed by atoms with Gasteiger partial charge in [-0.25, -0.2) is 0 Å². The molecule has 0 radical (unpaired) electrons. The number of fused-ring (bicyclic) bond motifs is 8. The van der Waals surface area contributed by atoms with Crippen molar-refractivity contribution >= 4 is 65.2 Å². The first-order valence-electron chi connectivity index (χ1n) is 20.0. The van der Waals surface area contributed by atoms with Crippen molar-refractivity contribution in [1.29, 1.82) is 0 Å². The Bertz CT molecular complexity index is 3420. The molecule has 2 aromatic heterocycles. The van der Waals surface area contributed by atoms with Crippen molar-refractivity contribution < 1.29 is 0 Å². The van der Waals surface area contributed by atoms with Gasteiger partial charge in [0.2, 0.25) is 0 Å². The first-order valence-corrected chi connectivity index (χ1v) is 20.0. The lowest BCUT2D eigenvalue weighted by molar-refractivity contribution is 1.18. The Morgan fingerprint density at radius 2 is 0.724 bits per heavy atom. The zero-order valence-electron chi connectivity index (χ0n) is 31.7. The summed E-state index contributed by atoms with van der Waals surface area (Å²) < 4.78 is 4.90. The fourth-order valence-corrected chi connectivity index (χ4v) is 9.57. The number of para-hydroxylation sites is 3. The number of rotatable bonds is 5. The molecule has 0 spiro atoms. The molecule has 270 valence electrons. The molecule has 0 bridgehead atoms. The molecule has 0 aliphatic heterocycles. The molecule has 12 rings (SSSR count). The fraction of sp³-hybridized carbons (Fsp3) is 0. The van der Waals surface area contributed by atoms with E-state index in [4.69, 9.17) is 0 Å². The maximum Gasteiger partial charge on any atom is 0.0547 e. The summed E-state index contributed by atoms with van der Waals surface area (Å²) in [6.45, 7) is 0. The predicted molar refractivity (Wildman–Crippen MR) is 246 cm³/mol. The number of benzene rings is 10. The third kappa shape index (κ3) is 4.92. The van der Waals surface area contributed by atoms with Gasteiger partial charge >= 0.3 is 0 Å². The Balaban J connectivity index is 1.15. The quantitative estimate of drug-likeness (QED) is 0.167. The van der Waals surface area contributed by atoms with Crippen molar-refractivity contribution in [2.24, 2.45) is 0 Å². The van der Waals surface area contributed by atoms with Crippen LogP contribution >= 0.6 is 0 Å². The summed E-state index contributed by atoms with van der Waals surface area (Å²) in [5.41, 5.74) is 14.4. The Kier molecular flexibility index (Phi) is 7.26. The lowest BCUT2D eigenvalue weighted by atomic mass is 9.95. The molecule has 0 saturated heterocycles. The standard InChI is InChI=1S/C56H36N2/c1-2-19-41(20-3-1)57-52-29-11-9-24-48(52)56-47(27-14-30-55(56)57)46-23-8-10-28-51(46)58-53-33-31-39(44-25-12-17-37-15-4-6-21-42(37)44)35-49(53)50-36-40(32-34-54(50)58)45-26-13-18-38-16-5-7-22-43(38)45/h1-36H. The van der Waals surface area contributed by atoms with Gasteiger partial charge in [0.15, 0.2) is 0 Å². The summed E-state index contributed by atoms with van der Waals surface area (Å²) in [5, 5.41) is 9.98. The van der Waals surface area contributed by atoms with E-state index in [-0.39, 0.29) is 0 Å². The normalized spacial score (nSPS) is 11.8. The van der Waals surface area contributed by atoms with E-state index in [1.54, 1.807) is 0 Å². The van der Waals surface area contributed by atoms with Crippen LogP contribution in [0.1, 0.15) is 0 Å². The van der Waals surface area contributed by atoms with Crippen molar-refractivity contribution in [3.05, 3.63) is 218 Å². The highest BCUT2D eigenvalue weighted by Gasteiger charge is 2.21. The minimum Gasteiger partial charge on any atom is -0.309 e. The van der Waals surface area contributed by atoms with Crippen LogP contribution in [0.3, 0.4) is 0 Å². The Labute approximate surface area is 336 Å². The molecule has 58 heavy (non-hydrogen) atoms. The molecule has 2 nitrogen and oxygen atoms in total. The third-order valence-corrected chi connectivity index (χ3v) is 12.1. The Morgan fingerprint density at radius 1 is 0.259 bits per heavy atom. The first kappa shape index (κ1) is 32.6. The van der Waals surface area contributed by atoms with E-state index in [1.165, 1.54) is 98.5 Å². The zero-order valence-corrected chi connectivity index (χ0v) is 31.7. The highest BCUT2D eigenvalue weighted by atomic mass is 15.0. The van der Waals surface area contributed by atoms with Crippen molar-refractivity contribution in [3.63, 3.8) is 0 Å². The highest BCUT2D eigenvalue weighted by Crippen LogP contribution is 2.44. The predicted octanol–water partition coefficient (Wildman–Crippen LogP) is 15.2. The van der Waals surface area contributed by atoms with Gasteiger partial charge in [0, 0.05) is 32.8 Å². The molecule has 0 saturated carbocycles. The molecule has 0 amide bonds. The summed E-state index contributed by atoms with van der Waals surface area (Å²) >= 11 is 0. The van der Waals surface area contributed by atoms with Crippen molar-refractivity contribution in [3.8, 4) is 44.8 Å². The summed E-state index contributed by atoms with van der Waals surface area (Å²) in [7, 11) is 0. The van der Waals surface area contributed by atoms with Crippen LogP contribution in [-0.4, -0.2) is 9.13 Å². The molecule has 2 heterocycles. The van der Waals surface area contributed by atoms with Crippen LogP contribution in [0, 0.1) is 0 Å². The van der Waals surface area contributed by atoms with Gasteiger partial charge in [0.25, 0.3) is 0 Å². The topological polar surface area (TPSA) is 9.86 Å². The molecule has 0 fully saturated rings. The zero-order chi connectivity index (χ0) is 38.2. The number of aromatic nitrogens is 2. The molecule has 2 heteroatoms. The van der Waals surface area contributed by atoms with E-state index >= 15 is 0 Å². The summed E-state index contributed by atoms with van der Waals surface area (Å²) in [4.78, 5) is 0. The maximum atomic E-state index is 2.50. The molecule has 0 N–H and O–H groups in total. The molecular weight excluding hydrogens is 701 g/mol. The molecule has 10 aromatic carbocycles. The van der Waals surface area contributed by atoms with Gasteiger partial charge in [-0.2, -0.15) is 0 Å². The second kappa shape index (κ2) is 12.9. The largest absolute Gasteiger partial charge is 0.309 e. The second-order valence-corrected chi connectivity index (χ2v) is 15.3. The number of hydrogen-bond donors (Lipinski definition) is 0. The minimum absolute atomic E-state index is 1.15. The average Bonchev–Trinajstić information content (AvgIpc) is 3.81. The van der Waals surface area contributed by atoms with Crippen molar-refractivity contribution in [1.82, 2.24) is 9.13 Å². The van der Waals surface area contributed by atoms with E-state index < -0.39 is 0 Å². The number of hydrogen-bond acceptors (Lipinski definition) is 0. The summed E-state index contributed by atoms with van der Waals surface area (Å²) in [6, 6.07) is 80.1. The molecule has 0 aliphatic carbocycles. The van der Waals surface area contributed by atoms with Crippen molar-refractivity contribution in [2.45, 2.75) is 0 Å². The first-order chi connectivity index (χ1) is 28.8. The Morgan fingerprint density at radius 3 is 1.40 bits per heavy atom. The van der Waals surface area contributed by atoms with Gasteiger partial charge < -0.3 is 9.13 Å². The van der Waals surface area contributed by atoms with Crippen LogP contribution in [-0.2, 0) is 0 Å². The molecule has 12 aromatic rings. The maximum absolute atomic E-state index is 2.50. The van der Waals surface area contributed by atoms with Gasteiger partial charge in [0.1, 0.15) is 0 Å². The lowest BCUT2D eigenvalue weighted by Crippen LogP contribution is -1.98. The number of nitrogens with zero attached hydrogens (tertiary/aromatic N) is 2. The van der Waals surface area contributed by atoms with Gasteiger partial charge in [-0.3, -0.25) is 0 Å². The van der Waals surface area contributed by atoms with Crippen LogP contribution in [0.2, 0.25) is 0 Å². The van der Waals surface area contributed by atoms with E-state index in [0.29, 0.717) is 0 Å². The van der Waals surface area contributed by atoms with Gasteiger partial charge in [-0.05, 0) is 104 Å². The highest BCUT2D eigenvalue weighted by molar-refractivity contribution is 6.18. The minimum atomic E-state index is 1.15. The fourth-order valence-electron chi connectivity index (χ4n) is 9.57.